The van der Waals surface area contributed by atoms with Crippen LogP contribution < -0.4 is 10.1 Å². The highest BCUT2D eigenvalue weighted by atomic mass is 19.1. The summed E-state index contributed by atoms with van der Waals surface area (Å²) in [7, 11) is 0. The second-order valence-corrected chi connectivity index (χ2v) is 7.64. The number of carbonyl (C=O) groups excluding carboxylic acids is 1. The Morgan fingerprint density at radius 3 is 2.79 bits per heavy atom. The highest BCUT2D eigenvalue weighted by molar-refractivity contribution is 5.78. The van der Waals surface area contributed by atoms with Crippen molar-refractivity contribution in [2.24, 2.45) is 5.92 Å². The number of para-hydroxylation sites is 1. The molecule has 29 heavy (non-hydrogen) atoms. The van der Waals surface area contributed by atoms with Crippen LogP contribution in [0.2, 0.25) is 0 Å². The Labute approximate surface area is 173 Å². The highest BCUT2D eigenvalue weighted by Crippen LogP contribution is 2.20. The second kappa shape index (κ2) is 11.0. The SMILES string of the molecule is CCOc1ccccc1CCCNC(=O)[C@H]1CCCN(Cc2ccc(F)cc2)C1. The van der Waals surface area contributed by atoms with Gasteiger partial charge >= 0.3 is 0 Å². The van der Waals surface area contributed by atoms with Crippen LogP contribution in [-0.2, 0) is 17.8 Å². The van der Waals surface area contributed by atoms with Gasteiger partial charge < -0.3 is 10.1 Å². The van der Waals surface area contributed by atoms with Crippen LogP contribution in [0.3, 0.4) is 0 Å². The average Bonchev–Trinajstić information content (AvgIpc) is 2.74. The first-order valence-corrected chi connectivity index (χ1v) is 10.6. The Balaban J connectivity index is 1.41. The van der Waals surface area contributed by atoms with E-state index in [1.807, 2.05) is 37.3 Å². The van der Waals surface area contributed by atoms with Crippen LogP contribution in [-0.4, -0.2) is 37.0 Å². The van der Waals surface area contributed by atoms with Crippen LogP contribution in [0.15, 0.2) is 48.5 Å². The van der Waals surface area contributed by atoms with Gasteiger partial charge in [-0.25, -0.2) is 4.39 Å². The number of benzene rings is 2. The van der Waals surface area contributed by atoms with E-state index < -0.39 is 0 Å². The summed E-state index contributed by atoms with van der Waals surface area (Å²) in [4.78, 5) is 14.9. The molecule has 5 heteroatoms. The second-order valence-electron chi connectivity index (χ2n) is 7.64. The summed E-state index contributed by atoms with van der Waals surface area (Å²) < 4.78 is 18.7. The zero-order valence-electron chi connectivity index (χ0n) is 17.2. The number of piperidine rings is 1. The van der Waals surface area contributed by atoms with Crippen molar-refractivity contribution in [3.63, 3.8) is 0 Å². The molecule has 0 spiro atoms. The maximum atomic E-state index is 13.1. The van der Waals surface area contributed by atoms with Crippen molar-refractivity contribution in [3.8, 4) is 5.75 Å². The van der Waals surface area contributed by atoms with Crippen LogP contribution in [0.4, 0.5) is 4.39 Å². The van der Waals surface area contributed by atoms with Gasteiger partial charge in [-0.2, -0.15) is 0 Å². The molecule has 0 bridgehead atoms. The standard InChI is InChI=1S/C24H31FN2O2/c1-2-29-23-10-4-3-7-20(23)8-5-15-26-24(28)21-9-6-16-27(18-21)17-19-11-13-22(25)14-12-19/h3-4,7,10-14,21H,2,5-6,8-9,15-18H2,1H3,(H,26,28)/t21-/m0/s1. The minimum absolute atomic E-state index is 0.0277. The third-order valence-electron chi connectivity index (χ3n) is 5.39. The molecule has 156 valence electrons. The van der Waals surface area contributed by atoms with Crippen molar-refractivity contribution in [1.82, 2.24) is 10.2 Å². The molecule has 0 aromatic heterocycles. The fourth-order valence-electron chi connectivity index (χ4n) is 3.90. The lowest BCUT2D eigenvalue weighted by molar-refractivity contribution is -0.126. The molecule has 1 N–H and O–H groups in total. The number of nitrogens with zero attached hydrogens (tertiary/aromatic N) is 1. The molecule has 4 nitrogen and oxygen atoms in total. The molecule has 1 aliphatic rings. The maximum Gasteiger partial charge on any atom is 0.224 e. The molecule has 0 saturated carbocycles. The van der Waals surface area contributed by atoms with E-state index in [1.165, 1.54) is 17.7 Å². The molecule has 1 fully saturated rings. The molecule has 1 atom stereocenters. The monoisotopic (exact) mass is 398 g/mol. The summed E-state index contributed by atoms with van der Waals surface area (Å²) in [5, 5.41) is 3.11. The molecular weight excluding hydrogens is 367 g/mol. The van der Waals surface area contributed by atoms with Crippen molar-refractivity contribution < 1.29 is 13.9 Å². The van der Waals surface area contributed by atoms with E-state index in [0.717, 1.165) is 56.6 Å². The summed E-state index contributed by atoms with van der Waals surface area (Å²) in [6.07, 6.45) is 3.72. The molecule has 0 aliphatic carbocycles. The van der Waals surface area contributed by atoms with Gasteiger partial charge in [-0.1, -0.05) is 30.3 Å². The Kier molecular flexibility index (Phi) is 8.05. The minimum atomic E-state index is -0.214. The molecule has 1 heterocycles. The highest BCUT2D eigenvalue weighted by Gasteiger charge is 2.25. The molecule has 0 unspecified atom stereocenters. The normalized spacial score (nSPS) is 17.1. The van der Waals surface area contributed by atoms with E-state index in [4.69, 9.17) is 4.74 Å². The molecule has 1 amide bonds. The Morgan fingerprint density at radius 2 is 2.00 bits per heavy atom. The number of aryl methyl sites for hydroxylation is 1. The molecule has 3 rings (SSSR count). The molecule has 2 aromatic rings. The lowest BCUT2D eigenvalue weighted by Crippen LogP contribution is -2.42. The number of hydrogen-bond acceptors (Lipinski definition) is 3. The fourth-order valence-corrected chi connectivity index (χ4v) is 3.90. The van der Waals surface area contributed by atoms with Crippen molar-refractivity contribution in [3.05, 3.63) is 65.5 Å². The summed E-state index contributed by atoms with van der Waals surface area (Å²) in [6, 6.07) is 14.7. The Hall–Kier alpha value is -2.40. The van der Waals surface area contributed by atoms with E-state index in [-0.39, 0.29) is 17.6 Å². The predicted octanol–water partition coefficient (Wildman–Crippen LogP) is 4.19. The number of rotatable bonds is 9. The van der Waals surface area contributed by atoms with Gasteiger partial charge in [0, 0.05) is 19.6 Å². The maximum absolute atomic E-state index is 13.1. The van der Waals surface area contributed by atoms with Crippen molar-refractivity contribution in [2.45, 2.75) is 39.2 Å². The van der Waals surface area contributed by atoms with Crippen LogP contribution in [0, 0.1) is 11.7 Å². The van der Waals surface area contributed by atoms with Gasteiger partial charge in [0.05, 0.1) is 12.5 Å². The van der Waals surface area contributed by atoms with Crippen LogP contribution >= 0.6 is 0 Å². The average molecular weight is 399 g/mol. The minimum Gasteiger partial charge on any atom is -0.494 e. The largest absolute Gasteiger partial charge is 0.494 e. The van der Waals surface area contributed by atoms with E-state index in [1.54, 1.807) is 0 Å². The van der Waals surface area contributed by atoms with Gasteiger partial charge in [0.25, 0.3) is 0 Å². The third-order valence-corrected chi connectivity index (χ3v) is 5.39. The number of likely N-dealkylation sites (tertiary alicyclic amines) is 1. The van der Waals surface area contributed by atoms with E-state index >= 15 is 0 Å². The van der Waals surface area contributed by atoms with E-state index in [0.29, 0.717) is 13.2 Å². The number of ether oxygens (including phenoxy) is 1. The van der Waals surface area contributed by atoms with Crippen molar-refractivity contribution >= 4 is 5.91 Å². The van der Waals surface area contributed by atoms with Gasteiger partial charge in [0.2, 0.25) is 5.91 Å². The predicted molar refractivity (Wildman–Crippen MR) is 113 cm³/mol. The Morgan fingerprint density at radius 1 is 1.21 bits per heavy atom. The smallest absolute Gasteiger partial charge is 0.224 e. The number of carbonyl (C=O) groups is 1. The van der Waals surface area contributed by atoms with E-state index in [2.05, 4.69) is 16.3 Å². The zero-order valence-corrected chi connectivity index (χ0v) is 17.2. The number of hydrogen-bond donors (Lipinski definition) is 1. The summed E-state index contributed by atoms with van der Waals surface area (Å²) >= 11 is 0. The number of halogens is 1. The van der Waals surface area contributed by atoms with Gasteiger partial charge in [0.1, 0.15) is 11.6 Å². The third kappa shape index (κ3) is 6.57. The van der Waals surface area contributed by atoms with Crippen molar-refractivity contribution in [2.75, 3.05) is 26.2 Å². The van der Waals surface area contributed by atoms with Gasteiger partial charge in [-0.05, 0) is 68.5 Å². The first kappa shape index (κ1) is 21.3. The van der Waals surface area contributed by atoms with Gasteiger partial charge in [-0.3, -0.25) is 9.69 Å². The van der Waals surface area contributed by atoms with Gasteiger partial charge in [-0.15, -0.1) is 0 Å². The summed E-state index contributed by atoms with van der Waals surface area (Å²) in [5.74, 6) is 0.894. The molecule has 1 aliphatic heterocycles. The number of amides is 1. The molecular formula is C24H31FN2O2. The summed E-state index contributed by atoms with van der Waals surface area (Å²) in [6.45, 7) is 5.82. The van der Waals surface area contributed by atoms with Gasteiger partial charge in [0.15, 0.2) is 0 Å². The lowest BCUT2D eigenvalue weighted by atomic mass is 9.96. The fraction of sp³-hybridized carbons (Fsp3) is 0.458. The molecule has 1 saturated heterocycles. The first-order chi connectivity index (χ1) is 14.2. The molecule has 2 aromatic carbocycles. The van der Waals surface area contributed by atoms with E-state index in [9.17, 15) is 9.18 Å². The zero-order chi connectivity index (χ0) is 20.5. The summed E-state index contributed by atoms with van der Waals surface area (Å²) in [5.41, 5.74) is 2.27. The van der Waals surface area contributed by atoms with Crippen LogP contribution in [0.25, 0.3) is 0 Å². The first-order valence-electron chi connectivity index (χ1n) is 10.6. The topological polar surface area (TPSA) is 41.6 Å². The quantitative estimate of drug-likeness (QED) is 0.644. The Bertz CT molecular complexity index is 779. The van der Waals surface area contributed by atoms with Crippen LogP contribution in [0.1, 0.15) is 37.3 Å². The number of nitrogens with one attached hydrogen (secondary N) is 1. The molecule has 0 radical (unpaired) electrons. The van der Waals surface area contributed by atoms with Crippen molar-refractivity contribution in [1.29, 1.82) is 0 Å². The van der Waals surface area contributed by atoms with Crippen LogP contribution in [0.5, 0.6) is 5.75 Å². The lowest BCUT2D eigenvalue weighted by Gasteiger charge is -2.32.